The topological polar surface area (TPSA) is 0 Å². The van der Waals surface area contributed by atoms with Crippen molar-refractivity contribution in [2.45, 2.75) is 6.55 Å². The molecule has 0 aliphatic heterocycles. The molecule has 0 aliphatic carbocycles. The molecular weight excluding hydrogens is 400 g/mol. The Morgan fingerprint density at radius 3 is 1.45 bits per heavy atom. The third-order valence-electron chi connectivity index (χ3n) is 5.74. The van der Waals surface area contributed by atoms with Gasteiger partial charge >= 0.3 is 21.7 Å². The van der Waals surface area contributed by atoms with E-state index in [9.17, 15) is 0 Å². The van der Waals surface area contributed by atoms with Crippen LogP contribution in [0.5, 0.6) is 0 Å². The van der Waals surface area contributed by atoms with Gasteiger partial charge in [0.2, 0.25) is 0 Å². The summed E-state index contributed by atoms with van der Waals surface area (Å²) in [4.78, 5) is 0. The molecule has 0 bridgehead atoms. The third-order valence-corrected chi connectivity index (χ3v) is 10.1. The minimum absolute atomic E-state index is 0. The fourth-order valence-electron chi connectivity index (χ4n) is 4.15. The number of hydrogen-bond acceptors (Lipinski definition) is 0. The molecule has 0 amide bonds. The summed E-state index contributed by atoms with van der Waals surface area (Å²) < 4.78 is 0. The Morgan fingerprint density at radius 1 is 0.586 bits per heavy atom. The predicted octanol–water partition coefficient (Wildman–Crippen LogP) is 5.43. The quantitative estimate of drug-likeness (QED) is 0.267. The molecule has 0 heterocycles. The van der Waals surface area contributed by atoms with Crippen LogP contribution in [0.3, 0.4) is 0 Å². The van der Waals surface area contributed by atoms with Crippen LogP contribution in [0, 0.1) is 14.9 Å². The second kappa shape index (κ2) is 9.09. The first kappa shape index (κ1) is 23.1. The molecule has 5 rings (SSSR count). The van der Waals surface area contributed by atoms with Crippen molar-refractivity contribution in [2.75, 3.05) is 0 Å². The maximum atomic E-state index is 2.49. The van der Waals surface area contributed by atoms with Crippen LogP contribution in [0.25, 0.3) is 21.5 Å². The molecule has 2 heteroatoms. The molecule has 0 N–H and O–H groups in total. The van der Waals surface area contributed by atoms with Crippen LogP contribution in [-0.4, -0.2) is 8.07 Å². The van der Waals surface area contributed by atoms with Crippen LogP contribution in [0.4, 0.5) is 0 Å². The van der Waals surface area contributed by atoms with E-state index in [1.54, 1.807) is 0 Å². The Bertz CT molecular complexity index is 1060. The zero-order valence-corrected chi connectivity index (χ0v) is 19.9. The van der Waals surface area contributed by atoms with Crippen LogP contribution in [0.2, 0.25) is 6.55 Å². The van der Waals surface area contributed by atoms with E-state index in [0.29, 0.717) is 0 Å². The van der Waals surface area contributed by atoms with E-state index < -0.39 is 8.07 Å². The van der Waals surface area contributed by atoms with Crippen molar-refractivity contribution >= 4 is 45.2 Å². The molecule has 5 aromatic rings. The molecule has 0 aromatic heterocycles. The first-order chi connectivity index (χ1) is 12.7. The smallest absolute Gasteiger partial charge is 0.358 e. The van der Waals surface area contributed by atoms with Crippen molar-refractivity contribution in [3.05, 3.63) is 118 Å². The van der Waals surface area contributed by atoms with Crippen molar-refractivity contribution < 1.29 is 21.7 Å². The van der Waals surface area contributed by atoms with Crippen molar-refractivity contribution in [2.24, 2.45) is 0 Å². The van der Waals surface area contributed by atoms with Crippen molar-refractivity contribution in [3.63, 3.8) is 0 Å². The molecule has 5 aromatic carbocycles. The zero-order valence-electron chi connectivity index (χ0n) is 17.3. The summed E-state index contributed by atoms with van der Waals surface area (Å²) in [6.45, 7) is 2.49. The molecule has 29 heavy (non-hydrogen) atoms. The van der Waals surface area contributed by atoms with Gasteiger partial charge in [-0.1, -0.05) is 54.2 Å². The van der Waals surface area contributed by atoms with E-state index in [1.165, 1.54) is 37.1 Å². The van der Waals surface area contributed by atoms with E-state index >= 15 is 0 Å². The average molecular weight is 426 g/mol. The first-order valence-electron chi connectivity index (χ1n) is 9.12. The Hall–Kier alpha value is -2.19. The van der Waals surface area contributed by atoms with Gasteiger partial charge in [0.05, 0.1) is 0 Å². The van der Waals surface area contributed by atoms with Crippen LogP contribution in [0.15, 0.2) is 103 Å². The van der Waals surface area contributed by atoms with E-state index in [2.05, 4.69) is 110 Å². The van der Waals surface area contributed by atoms with Crippen LogP contribution in [-0.2, 0) is 21.7 Å². The van der Waals surface area contributed by atoms with E-state index in [1.807, 2.05) is 0 Å². The monoisotopic (exact) mass is 426 g/mol. The summed E-state index contributed by atoms with van der Waals surface area (Å²) in [7, 11) is -2.04. The molecule has 0 aliphatic rings. The van der Waals surface area contributed by atoms with Crippen LogP contribution >= 0.6 is 0 Å². The normalized spacial score (nSPS) is 10.8. The summed E-state index contributed by atoms with van der Waals surface area (Å²) in [5.41, 5.74) is 0. The van der Waals surface area contributed by atoms with Gasteiger partial charge in [-0.2, -0.15) is 22.9 Å². The summed E-state index contributed by atoms with van der Waals surface area (Å²) in [6.07, 6.45) is 0. The van der Waals surface area contributed by atoms with E-state index in [4.69, 9.17) is 0 Å². The van der Waals surface area contributed by atoms with Gasteiger partial charge in [0.15, 0.2) is 0 Å². The maximum absolute atomic E-state index is 2.49. The van der Waals surface area contributed by atoms with Crippen molar-refractivity contribution in [3.8, 4) is 0 Å². The summed E-state index contributed by atoms with van der Waals surface area (Å²) in [5.74, 6) is 0. The average Bonchev–Trinajstić information content (AvgIpc) is 3.32. The minimum atomic E-state index is -2.04. The van der Waals surface area contributed by atoms with E-state index in [0.717, 1.165) is 0 Å². The van der Waals surface area contributed by atoms with Gasteiger partial charge in [0, 0.05) is 0 Å². The predicted molar refractivity (Wildman–Crippen MR) is 129 cm³/mol. The zero-order chi connectivity index (χ0) is 17.6. The van der Waals surface area contributed by atoms with Gasteiger partial charge in [-0.25, -0.2) is 0 Å². The van der Waals surface area contributed by atoms with Gasteiger partial charge < -0.3 is 14.9 Å². The molecule has 0 spiro atoms. The maximum Gasteiger partial charge on any atom is 4.00 e. The molecule has 0 fully saturated rings. The molecule has 0 saturated heterocycles. The summed E-state index contributed by atoms with van der Waals surface area (Å²) in [6, 6.07) is 38.1. The van der Waals surface area contributed by atoms with Gasteiger partial charge in [0.1, 0.15) is 8.07 Å². The largest absolute Gasteiger partial charge is 4.00 e. The molecule has 142 valence electrons. The van der Waals surface area contributed by atoms with Gasteiger partial charge in [-0.15, -0.1) is 69.7 Å². The molecule has 0 nitrogen and oxygen atoms in total. The summed E-state index contributed by atoms with van der Waals surface area (Å²) >= 11 is 0. The Balaban J connectivity index is 0.000001000. The SMILES string of the molecule is C[Si](c1ccccc1)(c1cc2ccccc2[cH-]1)c1cc2ccccc2[cH-]1.[CH3-].[CH3-].[Ti+4]. The summed E-state index contributed by atoms with van der Waals surface area (Å²) in [5, 5.41) is 9.80. The van der Waals surface area contributed by atoms with Crippen molar-refractivity contribution in [1.82, 2.24) is 0 Å². The molecule has 0 saturated carbocycles. The van der Waals surface area contributed by atoms with Crippen molar-refractivity contribution in [1.29, 1.82) is 0 Å². The fourth-order valence-corrected chi connectivity index (χ4v) is 7.79. The number of fused-ring (bicyclic) bond motifs is 2. The second-order valence-corrected chi connectivity index (χ2v) is 11.2. The Morgan fingerprint density at radius 2 is 1.00 bits per heavy atom. The Labute approximate surface area is 190 Å². The number of benzene rings is 3. The number of rotatable bonds is 3. The van der Waals surface area contributed by atoms with E-state index in [-0.39, 0.29) is 36.6 Å². The third kappa shape index (κ3) is 3.83. The molecule has 0 unspecified atom stereocenters. The van der Waals surface area contributed by atoms with Gasteiger partial charge in [-0.3, -0.25) is 0 Å². The van der Waals surface area contributed by atoms with Crippen LogP contribution < -0.4 is 15.6 Å². The molecule has 0 atom stereocenters. The Kier molecular flexibility index (Phi) is 7.24. The van der Waals surface area contributed by atoms with Gasteiger partial charge in [-0.05, 0) is 0 Å². The molecular formula is C27H26SiTi. The first-order valence-corrected chi connectivity index (χ1v) is 11.6. The minimum Gasteiger partial charge on any atom is -0.358 e. The standard InChI is InChI=1S/C25H20Si.2CH3.Ti/c1-26(23-13-3-2-4-14-23,24-15-19-9-5-6-10-20(19)16-24)25-17-21-11-7-8-12-22(21)18-25;;;/h2-18H,1H3;2*1H3;/q-2;2*-1;+4. The number of hydrogen-bond donors (Lipinski definition) is 0. The molecule has 0 radical (unpaired) electrons. The van der Waals surface area contributed by atoms with Crippen LogP contribution in [0.1, 0.15) is 0 Å². The fraction of sp³-hybridized carbons (Fsp3) is 0.0370. The second-order valence-electron chi connectivity index (χ2n) is 7.24. The van der Waals surface area contributed by atoms with Gasteiger partial charge in [0.25, 0.3) is 0 Å².